The molecule has 0 radical (unpaired) electrons. The molecule has 12 heavy (non-hydrogen) atoms. The van der Waals surface area contributed by atoms with E-state index in [0.717, 1.165) is 5.56 Å². The summed E-state index contributed by atoms with van der Waals surface area (Å²) in [4.78, 5) is 0. The summed E-state index contributed by atoms with van der Waals surface area (Å²) in [7, 11) is 0. The quantitative estimate of drug-likeness (QED) is 0.721. The Morgan fingerprint density at radius 3 is 2.25 bits per heavy atom. The predicted octanol–water partition coefficient (Wildman–Crippen LogP) is 1.63. The Morgan fingerprint density at radius 2 is 1.75 bits per heavy atom. The number of phenols is 2. The zero-order valence-corrected chi connectivity index (χ0v) is 6.95. The summed E-state index contributed by atoms with van der Waals surface area (Å²) in [6.45, 7) is 2.93. The first kappa shape index (κ1) is 8.87. The molecule has 0 aliphatic heterocycles. The van der Waals surface area contributed by atoms with Crippen LogP contribution in [0.4, 0.5) is 0 Å². The molecule has 0 spiro atoms. The van der Waals surface area contributed by atoms with Gasteiger partial charge in [0.15, 0.2) is 0 Å². The molecule has 1 aromatic carbocycles. The topological polar surface area (TPSA) is 49.7 Å². The standard InChI is InChI=1S/C9H12O3/c1-2-12-6-7-3-8(10)5-9(11)4-7/h3-5,10-11H,2,6H2,1H3. The fourth-order valence-electron chi connectivity index (χ4n) is 0.960. The Hall–Kier alpha value is -1.22. The van der Waals surface area contributed by atoms with Gasteiger partial charge < -0.3 is 14.9 Å². The van der Waals surface area contributed by atoms with Crippen LogP contribution in [0.1, 0.15) is 12.5 Å². The van der Waals surface area contributed by atoms with Crippen LogP contribution in [0.15, 0.2) is 18.2 Å². The van der Waals surface area contributed by atoms with E-state index < -0.39 is 0 Å². The summed E-state index contributed by atoms with van der Waals surface area (Å²) >= 11 is 0. The molecule has 0 atom stereocenters. The van der Waals surface area contributed by atoms with Gasteiger partial charge in [0.05, 0.1) is 6.61 Å². The first-order chi connectivity index (χ1) is 5.72. The van der Waals surface area contributed by atoms with E-state index >= 15 is 0 Å². The van der Waals surface area contributed by atoms with Gasteiger partial charge in [0.1, 0.15) is 11.5 Å². The van der Waals surface area contributed by atoms with Gasteiger partial charge >= 0.3 is 0 Å². The van der Waals surface area contributed by atoms with Crippen LogP contribution in [0, 0.1) is 0 Å². The van der Waals surface area contributed by atoms with Crippen LogP contribution in [-0.4, -0.2) is 16.8 Å². The van der Waals surface area contributed by atoms with E-state index in [0.29, 0.717) is 13.2 Å². The fourth-order valence-corrected chi connectivity index (χ4v) is 0.960. The van der Waals surface area contributed by atoms with Crippen LogP contribution in [-0.2, 0) is 11.3 Å². The average Bonchev–Trinajstić information content (AvgIpc) is 1.99. The summed E-state index contributed by atoms with van der Waals surface area (Å²) in [6.07, 6.45) is 0. The third kappa shape index (κ3) is 2.43. The SMILES string of the molecule is CCOCc1cc(O)cc(O)c1. The number of aromatic hydroxyl groups is 2. The van der Waals surface area contributed by atoms with Gasteiger partial charge in [-0.3, -0.25) is 0 Å². The van der Waals surface area contributed by atoms with Gasteiger partial charge in [-0.25, -0.2) is 0 Å². The lowest BCUT2D eigenvalue weighted by molar-refractivity contribution is 0.133. The number of phenolic OH excluding ortho intramolecular Hbond substituents is 2. The minimum Gasteiger partial charge on any atom is -0.508 e. The van der Waals surface area contributed by atoms with Crippen molar-refractivity contribution < 1.29 is 14.9 Å². The van der Waals surface area contributed by atoms with E-state index in [1.165, 1.54) is 6.07 Å². The van der Waals surface area contributed by atoms with E-state index in [1.807, 2.05) is 6.92 Å². The van der Waals surface area contributed by atoms with Gasteiger partial charge in [0, 0.05) is 12.7 Å². The molecule has 0 fully saturated rings. The fraction of sp³-hybridized carbons (Fsp3) is 0.333. The largest absolute Gasteiger partial charge is 0.508 e. The number of ether oxygens (including phenoxy) is 1. The van der Waals surface area contributed by atoms with Crippen molar-refractivity contribution in [3.8, 4) is 11.5 Å². The van der Waals surface area contributed by atoms with Gasteiger partial charge in [0.2, 0.25) is 0 Å². The number of rotatable bonds is 3. The van der Waals surface area contributed by atoms with Gasteiger partial charge in [-0.1, -0.05) is 0 Å². The van der Waals surface area contributed by atoms with Crippen LogP contribution in [0.3, 0.4) is 0 Å². The molecule has 3 heteroatoms. The highest BCUT2D eigenvalue weighted by Crippen LogP contribution is 2.20. The lowest BCUT2D eigenvalue weighted by Gasteiger charge is -2.02. The molecular weight excluding hydrogens is 156 g/mol. The molecule has 0 aromatic heterocycles. The van der Waals surface area contributed by atoms with Gasteiger partial charge in [-0.05, 0) is 24.6 Å². The van der Waals surface area contributed by atoms with Crippen molar-refractivity contribution in [2.24, 2.45) is 0 Å². The maximum Gasteiger partial charge on any atom is 0.119 e. The molecular formula is C9H12O3. The minimum atomic E-state index is 0.0599. The van der Waals surface area contributed by atoms with Crippen LogP contribution in [0.25, 0.3) is 0 Å². The van der Waals surface area contributed by atoms with E-state index in [9.17, 15) is 0 Å². The highest BCUT2D eigenvalue weighted by Gasteiger charge is 1.97. The number of hydrogen-bond donors (Lipinski definition) is 2. The molecule has 0 bridgehead atoms. The average molecular weight is 168 g/mol. The number of benzene rings is 1. The molecule has 0 aliphatic carbocycles. The molecule has 3 nitrogen and oxygen atoms in total. The van der Waals surface area contributed by atoms with Gasteiger partial charge in [-0.2, -0.15) is 0 Å². The summed E-state index contributed by atoms with van der Waals surface area (Å²) in [5.41, 5.74) is 0.773. The van der Waals surface area contributed by atoms with E-state index in [-0.39, 0.29) is 11.5 Å². The first-order valence-corrected chi connectivity index (χ1v) is 3.82. The molecule has 0 unspecified atom stereocenters. The molecule has 0 aliphatic rings. The third-order valence-electron chi connectivity index (χ3n) is 1.44. The Morgan fingerprint density at radius 1 is 1.17 bits per heavy atom. The summed E-state index contributed by atoms with van der Waals surface area (Å²) in [5, 5.41) is 18.2. The van der Waals surface area contributed by atoms with Crippen LogP contribution in [0.2, 0.25) is 0 Å². The molecule has 0 amide bonds. The van der Waals surface area contributed by atoms with Crippen molar-refractivity contribution in [3.05, 3.63) is 23.8 Å². The van der Waals surface area contributed by atoms with Crippen molar-refractivity contribution in [3.63, 3.8) is 0 Å². The van der Waals surface area contributed by atoms with Crippen LogP contribution >= 0.6 is 0 Å². The molecule has 0 saturated carbocycles. The summed E-state index contributed by atoms with van der Waals surface area (Å²) in [6, 6.07) is 4.42. The lowest BCUT2D eigenvalue weighted by atomic mass is 10.2. The van der Waals surface area contributed by atoms with Gasteiger partial charge in [-0.15, -0.1) is 0 Å². The zero-order valence-electron chi connectivity index (χ0n) is 6.95. The second-order valence-electron chi connectivity index (χ2n) is 2.49. The lowest BCUT2D eigenvalue weighted by Crippen LogP contribution is -1.90. The van der Waals surface area contributed by atoms with Crippen LogP contribution in [0.5, 0.6) is 11.5 Å². The highest BCUT2D eigenvalue weighted by atomic mass is 16.5. The van der Waals surface area contributed by atoms with E-state index in [2.05, 4.69) is 0 Å². The second kappa shape index (κ2) is 3.97. The zero-order chi connectivity index (χ0) is 8.97. The molecule has 66 valence electrons. The van der Waals surface area contributed by atoms with Crippen LogP contribution < -0.4 is 0 Å². The molecule has 1 rings (SSSR count). The molecule has 0 saturated heterocycles. The van der Waals surface area contributed by atoms with Crippen molar-refractivity contribution in [2.45, 2.75) is 13.5 Å². The van der Waals surface area contributed by atoms with Crippen molar-refractivity contribution in [1.82, 2.24) is 0 Å². The third-order valence-corrected chi connectivity index (χ3v) is 1.44. The molecule has 2 N–H and O–H groups in total. The van der Waals surface area contributed by atoms with E-state index in [1.54, 1.807) is 12.1 Å². The smallest absolute Gasteiger partial charge is 0.119 e. The van der Waals surface area contributed by atoms with Gasteiger partial charge in [0.25, 0.3) is 0 Å². The normalized spacial score (nSPS) is 10.1. The Balaban J connectivity index is 2.72. The predicted molar refractivity (Wildman–Crippen MR) is 45.1 cm³/mol. The second-order valence-corrected chi connectivity index (χ2v) is 2.49. The minimum absolute atomic E-state index is 0.0599. The highest BCUT2D eigenvalue weighted by molar-refractivity contribution is 5.36. The summed E-state index contributed by atoms with van der Waals surface area (Å²) in [5.74, 6) is 0.120. The number of hydrogen-bond acceptors (Lipinski definition) is 3. The Kier molecular flexibility index (Phi) is 2.94. The maximum absolute atomic E-state index is 9.08. The first-order valence-electron chi connectivity index (χ1n) is 3.82. The molecule has 0 heterocycles. The van der Waals surface area contributed by atoms with Crippen molar-refractivity contribution in [1.29, 1.82) is 0 Å². The monoisotopic (exact) mass is 168 g/mol. The van der Waals surface area contributed by atoms with Crippen molar-refractivity contribution in [2.75, 3.05) is 6.61 Å². The van der Waals surface area contributed by atoms with E-state index in [4.69, 9.17) is 14.9 Å². The van der Waals surface area contributed by atoms with Crippen molar-refractivity contribution >= 4 is 0 Å². The Bertz CT molecular complexity index is 238. The summed E-state index contributed by atoms with van der Waals surface area (Å²) < 4.78 is 5.11. The molecule has 1 aromatic rings. The Labute approximate surface area is 71.2 Å². The maximum atomic E-state index is 9.08.